The van der Waals surface area contributed by atoms with E-state index in [2.05, 4.69) is 22.5 Å². The molecule has 0 bridgehead atoms. The summed E-state index contributed by atoms with van der Waals surface area (Å²) in [5.74, 6) is -0.145. The number of halogens is 1. The molecule has 1 amide bonds. The Labute approximate surface area is 285 Å². The standard InChI is InChI=1S/C36H40FN7O4S/c1-3-4-21-38-36-40-23-32-33(42-44(34(32)41-36)29-15-17-30(45)18-16-29)25-9-19-31(20-10-25)49(47,48)43(2)28-13-7-26(8-14-28)35(46)39-22-24-5-11-27(37)12-6-24/h5-14,19-20,23,29-30,45H,3-4,15-18,21-22H2,1-2H3,(H,39,46)(H,38,40,41). The van der Waals surface area contributed by atoms with Crippen molar-refractivity contribution >= 4 is 38.6 Å². The number of rotatable bonds is 12. The summed E-state index contributed by atoms with van der Waals surface area (Å²) in [6.07, 6.45) is 6.47. The molecule has 49 heavy (non-hydrogen) atoms. The predicted octanol–water partition coefficient (Wildman–Crippen LogP) is 6.08. The molecule has 2 heterocycles. The monoisotopic (exact) mass is 685 g/mol. The van der Waals surface area contributed by atoms with Crippen LogP contribution in [0.4, 0.5) is 16.0 Å². The quantitative estimate of drug-likeness (QED) is 0.134. The highest BCUT2D eigenvalue weighted by molar-refractivity contribution is 7.92. The van der Waals surface area contributed by atoms with Crippen LogP contribution in [-0.4, -0.2) is 58.9 Å². The number of nitrogens with zero attached hydrogens (tertiary/aromatic N) is 5. The lowest BCUT2D eigenvalue weighted by molar-refractivity contribution is 0.0950. The molecule has 1 saturated carbocycles. The highest BCUT2D eigenvalue weighted by Gasteiger charge is 2.27. The van der Waals surface area contributed by atoms with E-state index < -0.39 is 10.0 Å². The predicted molar refractivity (Wildman–Crippen MR) is 187 cm³/mol. The zero-order valence-electron chi connectivity index (χ0n) is 27.5. The summed E-state index contributed by atoms with van der Waals surface area (Å²) in [5.41, 5.74) is 3.60. The Morgan fingerprint density at radius 3 is 2.37 bits per heavy atom. The maximum Gasteiger partial charge on any atom is 0.264 e. The van der Waals surface area contributed by atoms with Gasteiger partial charge in [0.05, 0.1) is 28.1 Å². The topological polar surface area (TPSA) is 142 Å². The molecule has 256 valence electrons. The molecule has 6 rings (SSSR count). The molecule has 1 aliphatic carbocycles. The number of sulfonamides is 1. The van der Waals surface area contributed by atoms with Crippen LogP contribution in [0.2, 0.25) is 0 Å². The number of hydrogen-bond acceptors (Lipinski definition) is 8. The fourth-order valence-electron chi connectivity index (χ4n) is 5.95. The summed E-state index contributed by atoms with van der Waals surface area (Å²) < 4.78 is 43.5. The molecule has 0 saturated heterocycles. The normalized spacial score (nSPS) is 16.4. The highest BCUT2D eigenvalue weighted by Crippen LogP contribution is 2.35. The van der Waals surface area contributed by atoms with Crippen LogP contribution in [-0.2, 0) is 16.6 Å². The summed E-state index contributed by atoms with van der Waals surface area (Å²) in [6.45, 7) is 3.12. The molecule has 0 aliphatic heterocycles. The summed E-state index contributed by atoms with van der Waals surface area (Å²) in [6, 6.07) is 18.8. The van der Waals surface area contributed by atoms with Crippen LogP contribution in [0.25, 0.3) is 22.3 Å². The van der Waals surface area contributed by atoms with Crippen LogP contribution < -0.4 is 14.9 Å². The van der Waals surface area contributed by atoms with Gasteiger partial charge in [-0.05, 0) is 86.2 Å². The molecule has 5 aromatic rings. The van der Waals surface area contributed by atoms with Crippen molar-refractivity contribution < 1.29 is 22.7 Å². The van der Waals surface area contributed by atoms with Gasteiger partial charge in [-0.1, -0.05) is 37.6 Å². The molecule has 2 aromatic heterocycles. The van der Waals surface area contributed by atoms with Gasteiger partial charge in [0.25, 0.3) is 15.9 Å². The minimum atomic E-state index is -3.93. The van der Waals surface area contributed by atoms with E-state index >= 15 is 0 Å². The van der Waals surface area contributed by atoms with E-state index in [0.29, 0.717) is 41.4 Å². The van der Waals surface area contributed by atoms with Crippen molar-refractivity contribution in [1.29, 1.82) is 0 Å². The zero-order chi connectivity index (χ0) is 34.5. The van der Waals surface area contributed by atoms with E-state index in [4.69, 9.17) is 10.1 Å². The van der Waals surface area contributed by atoms with Crippen molar-refractivity contribution in [3.05, 3.63) is 95.9 Å². The van der Waals surface area contributed by atoms with Gasteiger partial charge in [-0.2, -0.15) is 10.1 Å². The van der Waals surface area contributed by atoms with Crippen LogP contribution in [0.15, 0.2) is 83.9 Å². The number of aliphatic hydroxyl groups is 1. The van der Waals surface area contributed by atoms with Crippen molar-refractivity contribution in [3.8, 4) is 11.3 Å². The van der Waals surface area contributed by atoms with Crippen molar-refractivity contribution in [2.75, 3.05) is 23.2 Å². The highest BCUT2D eigenvalue weighted by atomic mass is 32.2. The van der Waals surface area contributed by atoms with Crippen LogP contribution in [0.1, 0.15) is 67.4 Å². The lowest BCUT2D eigenvalue weighted by Gasteiger charge is -2.25. The fourth-order valence-corrected chi connectivity index (χ4v) is 7.14. The smallest absolute Gasteiger partial charge is 0.264 e. The zero-order valence-corrected chi connectivity index (χ0v) is 28.3. The first kappa shape index (κ1) is 34.0. The number of amides is 1. The molecule has 3 N–H and O–H groups in total. The summed E-state index contributed by atoms with van der Waals surface area (Å²) >= 11 is 0. The van der Waals surface area contributed by atoms with Crippen LogP contribution in [0.5, 0.6) is 0 Å². The lowest BCUT2D eigenvalue weighted by atomic mass is 9.93. The number of carbonyl (C=O) groups is 1. The van der Waals surface area contributed by atoms with Crippen LogP contribution in [0, 0.1) is 5.82 Å². The van der Waals surface area contributed by atoms with Gasteiger partial charge in [-0.25, -0.2) is 22.5 Å². The van der Waals surface area contributed by atoms with E-state index in [0.717, 1.165) is 48.7 Å². The third-order valence-corrected chi connectivity index (χ3v) is 10.7. The molecule has 0 radical (unpaired) electrons. The Hall–Kier alpha value is -4.88. The van der Waals surface area contributed by atoms with Crippen LogP contribution >= 0.6 is 0 Å². The van der Waals surface area contributed by atoms with E-state index in [9.17, 15) is 22.7 Å². The van der Waals surface area contributed by atoms with E-state index in [1.807, 2.05) is 4.68 Å². The van der Waals surface area contributed by atoms with Gasteiger partial charge in [0.1, 0.15) is 11.5 Å². The van der Waals surface area contributed by atoms with Crippen molar-refractivity contribution in [2.24, 2.45) is 0 Å². The number of carbonyl (C=O) groups excluding carboxylic acids is 1. The second-order valence-electron chi connectivity index (χ2n) is 12.3. The van der Waals surface area contributed by atoms with E-state index in [-0.39, 0.29) is 35.3 Å². The average Bonchev–Trinajstić information content (AvgIpc) is 3.50. The number of fused-ring (bicyclic) bond motifs is 1. The Bertz CT molecular complexity index is 2010. The van der Waals surface area contributed by atoms with Gasteiger partial charge in [0.2, 0.25) is 5.95 Å². The third-order valence-electron chi connectivity index (χ3n) is 8.92. The molecular weight excluding hydrogens is 646 g/mol. The summed E-state index contributed by atoms with van der Waals surface area (Å²) in [7, 11) is -2.47. The molecule has 0 atom stereocenters. The van der Waals surface area contributed by atoms with Gasteiger partial charge in [0, 0.05) is 37.5 Å². The molecule has 1 fully saturated rings. The minimum absolute atomic E-state index is 0.0820. The molecule has 13 heteroatoms. The molecule has 0 unspecified atom stereocenters. The third kappa shape index (κ3) is 7.57. The first-order chi connectivity index (χ1) is 23.6. The Morgan fingerprint density at radius 1 is 1.00 bits per heavy atom. The van der Waals surface area contributed by atoms with E-state index in [1.54, 1.807) is 66.9 Å². The number of unbranched alkanes of at least 4 members (excludes halogenated alkanes) is 1. The number of nitrogens with one attached hydrogen (secondary N) is 2. The minimum Gasteiger partial charge on any atom is -0.393 e. The fraction of sp³-hybridized carbons (Fsp3) is 0.333. The maximum absolute atomic E-state index is 13.6. The van der Waals surface area contributed by atoms with Crippen molar-refractivity contribution in [3.63, 3.8) is 0 Å². The van der Waals surface area contributed by atoms with Gasteiger partial charge in [-0.3, -0.25) is 9.10 Å². The number of hydrogen-bond donors (Lipinski definition) is 3. The number of aromatic nitrogens is 4. The SMILES string of the molecule is CCCCNc1ncc2c(-c3ccc(S(=O)(=O)N(C)c4ccc(C(=O)NCc5ccc(F)cc5)cc4)cc3)nn(C3CCC(O)CC3)c2n1. The number of anilines is 2. The Morgan fingerprint density at radius 2 is 1.69 bits per heavy atom. The van der Waals surface area contributed by atoms with Crippen molar-refractivity contribution in [1.82, 2.24) is 25.1 Å². The number of benzene rings is 3. The summed E-state index contributed by atoms with van der Waals surface area (Å²) in [4.78, 5) is 22.1. The van der Waals surface area contributed by atoms with E-state index in [1.165, 1.54) is 23.5 Å². The molecular formula is C36H40FN7O4S. The molecule has 3 aromatic carbocycles. The van der Waals surface area contributed by atoms with Gasteiger partial charge >= 0.3 is 0 Å². The van der Waals surface area contributed by atoms with Gasteiger partial charge < -0.3 is 15.7 Å². The van der Waals surface area contributed by atoms with Gasteiger partial charge in [-0.15, -0.1) is 0 Å². The second-order valence-corrected chi connectivity index (χ2v) is 14.3. The molecule has 11 nitrogen and oxygen atoms in total. The van der Waals surface area contributed by atoms with Crippen molar-refractivity contribution in [2.45, 2.75) is 69.0 Å². The Kier molecular flexibility index (Phi) is 10.2. The summed E-state index contributed by atoms with van der Waals surface area (Å²) in [5, 5.41) is 21.9. The first-order valence-electron chi connectivity index (χ1n) is 16.5. The lowest BCUT2D eigenvalue weighted by Crippen LogP contribution is -2.27. The number of aliphatic hydroxyl groups excluding tert-OH is 1. The Balaban J connectivity index is 1.20. The van der Waals surface area contributed by atoms with Crippen LogP contribution in [0.3, 0.4) is 0 Å². The first-order valence-corrected chi connectivity index (χ1v) is 18.0. The molecule has 1 aliphatic rings. The average molecular weight is 686 g/mol. The van der Waals surface area contributed by atoms with Gasteiger partial charge in [0.15, 0.2) is 5.65 Å². The second kappa shape index (κ2) is 14.7. The molecule has 0 spiro atoms. The largest absolute Gasteiger partial charge is 0.393 e. The maximum atomic E-state index is 13.6.